The van der Waals surface area contributed by atoms with Crippen molar-refractivity contribution in [2.24, 2.45) is 0 Å². The molecule has 3 rings (SSSR count). The normalized spacial score (nSPS) is 14.9. The van der Waals surface area contributed by atoms with Crippen molar-refractivity contribution in [2.75, 3.05) is 32.7 Å². The van der Waals surface area contributed by atoms with Crippen LogP contribution in [0.3, 0.4) is 0 Å². The van der Waals surface area contributed by atoms with E-state index in [2.05, 4.69) is 11.5 Å². The fourth-order valence-corrected chi connectivity index (χ4v) is 3.97. The number of aromatic hydroxyl groups is 1. The minimum absolute atomic E-state index is 0.0296. The molecule has 0 aromatic heterocycles. The molecule has 2 aromatic rings. The van der Waals surface area contributed by atoms with Gasteiger partial charge in [0.25, 0.3) is 0 Å². The van der Waals surface area contributed by atoms with Gasteiger partial charge in [-0.15, -0.1) is 0 Å². The number of benzene rings is 2. The molecular formula is C21H21Cl3N2O2. The van der Waals surface area contributed by atoms with Gasteiger partial charge >= 0.3 is 0 Å². The summed E-state index contributed by atoms with van der Waals surface area (Å²) >= 11 is 18.8. The first-order chi connectivity index (χ1) is 13.4. The monoisotopic (exact) mass is 438 g/mol. The fourth-order valence-electron chi connectivity index (χ4n) is 3.32. The van der Waals surface area contributed by atoms with Gasteiger partial charge in [0.15, 0.2) is 0 Å². The van der Waals surface area contributed by atoms with Crippen molar-refractivity contribution < 1.29 is 9.90 Å². The van der Waals surface area contributed by atoms with Gasteiger partial charge < -0.3 is 10.0 Å². The minimum Gasteiger partial charge on any atom is -0.508 e. The lowest BCUT2D eigenvalue weighted by Gasteiger charge is -2.34. The Morgan fingerprint density at radius 1 is 1.04 bits per heavy atom. The molecule has 0 aliphatic carbocycles. The van der Waals surface area contributed by atoms with E-state index in [9.17, 15) is 9.90 Å². The van der Waals surface area contributed by atoms with Crippen LogP contribution in [0.5, 0.6) is 5.75 Å². The first kappa shape index (κ1) is 21.0. The molecule has 0 bridgehead atoms. The molecule has 0 radical (unpaired) electrons. The number of phenolic OH excluding ortho intramolecular Hbond substituents is 1. The van der Waals surface area contributed by atoms with Crippen molar-refractivity contribution in [2.45, 2.75) is 6.42 Å². The Kier molecular flexibility index (Phi) is 6.89. The van der Waals surface area contributed by atoms with Gasteiger partial charge in [0.2, 0.25) is 5.91 Å². The molecule has 148 valence electrons. The zero-order valence-corrected chi connectivity index (χ0v) is 17.6. The van der Waals surface area contributed by atoms with E-state index in [1.54, 1.807) is 29.2 Å². The highest BCUT2D eigenvalue weighted by Gasteiger charge is 2.20. The highest BCUT2D eigenvalue weighted by Crippen LogP contribution is 2.38. The molecule has 2 aromatic carbocycles. The molecule has 4 nitrogen and oxygen atoms in total. The molecule has 1 fully saturated rings. The van der Waals surface area contributed by atoms with Crippen molar-refractivity contribution in [1.29, 1.82) is 0 Å². The lowest BCUT2D eigenvalue weighted by molar-refractivity contribution is -0.127. The molecule has 0 spiro atoms. The van der Waals surface area contributed by atoms with Crippen LogP contribution < -0.4 is 0 Å². The van der Waals surface area contributed by atoms with Crippen LogP contribution in [0.15, 0.2) is 43.0 Å². The SMILES string of the molecule is C=CC(=O)N1CCN(CCc2cc(-c3cc(Cl)ccc3Cl)c(Cl)cc2O)CC1. The predicted octanol–water partition coefficient (Wildman–Crippen LogP) is 4.89. The number of carbonyl (C=O) groups excluding carboxylic acids is 1. The van der Waals surface area contributed by atoms with Gasteiger partial charge in [-0.05, 0) is 48.4 Å². The Morgan fingerprint density at radius 2 is 1.71 bits per heavy atom. The van der Waals surface area contributed by atoms with Crippen molar-refractivity contribution in [3.05, 3.63) is 63.6 Å². The molecule has 7 heteroatoms. The van der Waals surface area contributed by atoms with Crippen molar-refractivity contribution in [3.63, 3.8) is 0 Å². The molecule has 1 aliphatic heterocycles. The van der Waals surface area contributed by atoms with Gasteiger partial charge in [0.05, 0.1) is 5.02 Å². The first-order valence-electron chi connectivity index (χ1n) is 8.99. The maximum Gasteiger partial charge on any atom is 0.246 e. The maximum absolute atomic E-state index is 11.7. The Labute approximate surface area is 179 Å². The van der Waals surface area contributed by atoms with Gasteiger partial charge in [-0.3, -0.25) is 9.69 Å². The highest BCUT2D eigenvalue weighted by molar-refractivity contribution is 6.37. The standard InChI is InChI=1S/C21H21Cl3N2O2/c1-2-21(28)26-9-7-25(8-10-26)6-5-14-11-16(19(24)13-20(14)27)17-12-15(22)3-4-18(17)23/h2-4,11-13,27H,1,5-10H2. The van der Waals surface area contributed by atoms with Crippen LogP contribution >= 0.6 is 34.8 Å². The molecule has 0 unspecified atom stereocenters. The molecule has 1 saturated heterocycles. The summed E-state index contributed by atoms with van der Waals surface area (Å²) in [5, 5.41) is 11.9. The van der Waals surface area contributed by atoms with E-state index in [0.717, 1.165) is 36.3 Å². The highest BCUT2D eigenvalue weighted by atomic mass is 35.5. The lowest BCUT2D eigenvalue weighted by atomic mass is 10.0. The Bertz CT molecular complexity index is 893. The second kappa shape index (κ2) is 9.19. The second-order valence-electron chi connectivity index (χ2n) is 6.71. The number of nitrogens with zero attached hydrogens (tertiary/aromatic N) is 2. The largest absolute Gasteiger partial charge is 0.508 e. The minimum atomic E-state index is -0.0296. The van der Waals surface area contributed by atoms with Gasteiger partial charge in [-0.25, -0.2) is 0 Å². The number of phenols is 1. The van der Waals surface area contributed by atoms with Crippen LogP contribution in [0.4, 0.5) is 0 Å². The smallest absolute Gasteiger partial charge is 0.246 e. The van der Waals surface area contributed by atoms with Crippen molar-refractivity contribution in [1.82, 2.24) is 9.80 Å². The summed E-state index contributed by atoms with van der Waals surface area (Å²) < 4.78 is 0. The summed E-state index contributed by atoms with van der Waals surface area (Å²) in [6.07, 6.45) is 2.01. The third kappa shape index (κ3) is 4.81. The Hall–Kier alpha value is -1.72. The summed E-state index contributed by atoms with van der Waals surface area (Å²) in [7, 11) is 0. The van der Waals surface area contributed by atoms with Crippen LogP contribution in [0, 0.1) is 0 Å². The molecule has 0 atom stereocenters. The van der Waals surface area contributed by atoms with Crippen LogP contribution in [-0.2, 0) is 11.2 Å². The summed E-state index contributed by atoms with van der Waals surface area (Å²) in [6, 6.07) is 8.63. The van der Waals surface area contributed by atoms with E-state index < -0.39 is 0 Å². The summed E-state index contributed by atoms with van der Waals surface area (Å²) in [6.45, 7) is 7.25. The molecule has 1 N–H and O–H groups in total. The topological polar surface area (TPSA) is 43.8 Å². The second-order valence-corrected chi connectivity index (χ2v) is 7.96. The van der Waals surface area contributed by atoms with Gasteiger partial charge in [-0.2, -0.15) is 0 Å². The Balaban J connectivity index is 1.72. The number of carbonyl (C=O) groups is 1. The van der Waals surface area contributed by atoms with Crippen molar-refractivity contribution in [3.8, 4) is 16.9 Å². The quantitative estimate of drug-likeness (QED) is 0.674. The van der Waals surface area contributed by atoms with E-state index in [1.165, 1.54) is 6.08 Å². The van der Waals surface area contributed by atoms with Crippen LogP contribution in [0.2, 0.25) is 15.1 Å². The van der Waals surface area contributed by atoms with Crippen LogP contribution in [0.1, 0.15) is 5.56 Å². The van der Waals surface area contributed by atoms with E-state index >= 15 is 0 Å². The van der Waals surface area contributed by atoms with E-state index in [0.29, 0.717) is 34.6 Å². The predicted molar refractivity (Wildman–Crippen MR) is 115 cm³/mol. The molecule has 1 amide bonds. The summed E-state index contributed by atoms with van der Waals surface area (Å²) in [5.41, 5.74) is 2.26. The molecule has 1 aliphatic rings. The van der Waals surface area contributed by atoms with E-state index in [1.807, 2.05) is 6.07 Å². The zero-order chi connectivity index (χ0) is 20.3. The average molecular weight is 440 g/mol. The molecule has 28 heavy (non-hydrogen) atoms. The third-order valence-corrected chi connectivity index (χ3v) is 5.82. The third-order valence-electron chi connectivity index (χ3n) is 4.94. The number of amides is 1. The number of piperazine rings is 1. The molecular weight excluding hydrogens is 419 g/mol. The van der Waals surface area contributed by atoms with E-state index in [-0.39, 0.29) is 11.7 Å². The van der Waals surface area contributed by atoms with Crippen LogP contribution in [0.25, 0.3) is 11.1 Å². The molecule has 0 saturated carbocycles. The number of halogens is 3. The Morgan fingerprint density at radius 3 is 2.39 bits per heavy atom. The number of hydrogen-bond acceptors (Lipinski definition) is 3. The average Bonchev–Trinajstić information content (AvgIpc) is 2.69. The summed E-state index contributed by atoms with van der Waals surface area (Å²) in [4.78, 5) is 15.7. The lowest BCUT2D eigenvalue weighted by Crippen LogP contribution is -2.48. The van der Waals surface area contributed by atoms with E-state index in [4.69, 9.17) is 34.8 Å². The van der Waals surface area contributed by atoms with Gasteiger partial charge in [0, 0.05) is 53.9 Å². The van der Waals surface area contributed by atoms with Crippen molar-refractivity contribution >= 4 is 40.7 Å². The maximum atomic E-state index is 11.7. The van der Waals surface area contributed by atoms with Gasteiger partial charge in [0.1, 0.15) is 5.75 Å². The number of hydrogen-bond donors (Lipinski definition) is 1. The van der Waals surface area contributed by atoms with Crippen LogP contribution in [-0.4, -0.2) is 53.5 Å². The first-order valence-corrected chi connectivity index (χ1v) is 10.1. The summed E-state index contributed by atoms with van der Waals surface area (Å²) in [5.74, 6) is 0.130. The molecule has 1 heterocycles. The zero-order valence-electron chi connectivity index (χ0n) is 15.3. The van der Waals surface area contributed by atoms with Gasteiger partial charge in [-0.1, -0.05) is 41.4 Å². The fraction of sp³-hybridized carbons (Fsp3) is 0.286. The number of rotatable bonds is 5.